The molecule has 1 aliphatic heterocycles. The van der Waals surface area contributed by atoms with Crippen LogP contribution in [0.25, 0.3) is 0 Å². The number of esters is 2. The Bertz CT molecular complexity index is 697. The smallest absolute Gasteiger partial charge is 0.334 e. The monoisotopic (exact) mass is 344 g/mol. The van der Waals surface area contributed by atoms with Gasteiger partial charge in [-0.2, -0.15) is 0 Å². The summed E-state index contributed by atoms with van der Waals surface area (Å²) in [5.41, 5.74) is 2.74. The van der Waals surface area contributed by atoms with E-state index in [1.807, 2.05) is 13.8 Å². The lowest BCUT2D eigenvalue weighted by atomic mass is 9.81. The van der Waals surface area contributed by atoms with Crippen molar-refractivity contribution < 1.29 is 24.2 Å². The second-order valence-electron chi connectivity index (χ2n) is 7.44. The van der Waals surface area contributed by atoms with Crippen LogP contribution in [-0.2, 0) is 19.1 Å². The highest BCUT2D eigenvalue weighted by Gasteiger charge is 2.56. The Labute approximate surface area is 147 Å². The maximum atomic E-state index is 12.0. The number of hydrogen-bond donors (Lipinski definition) is 1. The van der Waals surface area contributed by atoms with Gasteiger partial charge in [0.2, 0.25) is 0 Å². The lowest BCUT2D eigenvalue weighted by Gasteiger charge is -2.27. The normalized spacial score (nSPS) is 37.1. The standard InChI is InChI=1S/C20H24O5/c1-9(2)6-16(22)24-15-8-13-10(3)7-14(21)18-12(5)20(23)25-19(18)17(13)11(15)4/h6,13-15,17-19,21H,3-5,7-8H2,1-2H3. The molecule has 0 spiro atoms. The summed E-state index contributed by atoms with van der Waals surface area (Å²) in [5, 5.41) is 10.5. The lowest BCUT2D eigenvalue weighted by molar-refractivity contribution is -0.143. The Balaban J connectivity index is 1.88. The Morgan fingerprint density at radius 1 is 1.28 bits per heavy atom. The molecule has 1 N–H and O–H groups in total. The first-order valence-corrected chi connectivity index (χ1v) is 8.50. The molecule has 0 radical (unpaired) electrons. The fourth-order valence-electron chi connectivity index (χ4n) is 4.30. The Morgan fingerprint density at radius 2 is 1.96 bits per heavy atom. The van der Waals surface area contributed by atoms with Gasteiger partial charge in [-0.25, -0.2) is 9.59 Å². The molecule has 1 saturated heterocycles. The predicted octanol–water partition coefficient (Wildman–Crippen LogP) is 2.48. The molecule has 6 unspecified atom stereocenters. The van der Waals surface area contributed by atoms with Crippen LogP contribution in [-0.4, -0.2) is 35.4 Å². The van der Waals surface area contributed by atoms with E-state index in [0.717, 1.165) is 11.1 Å². The van der Waals surface area contributed by atoms with Gasteiger partial charge in [-0.3, -0.25) is 0 Å². The number of ether oxygens (including phenoxy) is 2. The number of carbonyl (C=O) groups excluding carboxylic acids is 2. The topological polar surface area (TPSA) is 72.8 Å². The van der Waals surface area contributed by atoms with E-state index < -0.39 is 36.2 Å². The van der Waals surface area contributed by atoms with Gasteiger partial charge in [0.15, 0.2) is 0 Å². The van der Waals surface area contributed by atoms with E-state index in [9.17, 15) is 14.7 Å². The molecule has 6 atom stereocenters. The Kier molecular flexibility index (Phi) is 4.45. The van der Waals surface area contributed by atoms with Crippen molar-refractivity contribution in [3.63, 3.8) is 0 Å². The average molecular weight is 344 g/mol. The average Bonchev–Trinajstić information content (AvgIpc) is 2.93. The summed E-state index contributed by atoms with van der Waals surface area (Å²) in [5.74, 6) is -1.61. The zero-order valence-electron chi connectivity index (χ0n) is 14.7. The first-order chi connectivity index (χ1) is 11.7. The third kappa shape index (κ3) is 2.97. The molecular weight excluding hydrogens is 320 g/mol. The quantitative estimate of drug-likeness (QED) is 0.473. The molecule has 2 aliphatic carbocycles. The number of aliphatic hydroxyl groups is 1. The number of carbonyl (C=O) groups is 2. The van der Waals surface area contributed by atoms with Crippen molar-refractivity contribution in [3.05, 3.63) is 48.1 Å². The summed E-state index contributed by atoms with van der Waals surface area (Å²) in [4.78, 5) is 24.0. The van der Waals surface area contributed by atoms with Crippen LogP contribution in [0.5, 0.6) is 0 Å². The first kappa shape index (κ1) is 17.7. The number of hydrogen-bond acceptors (Lipinski definition) is 5. The second-order valence-corrected chi connectivity index (χ2v) is 7.44. The summed E-state index contributed by atoms with van der Waals surface area (Å²) < 4.78 is 11.1. The minimum absolute atomic E-state index is 0.0413. The van der Waals surface area contributed by atoms with Crippen molar-refractivity contribution >= 4 is 11.9 Å². The van der Waals surface area contributed by atoms with Crippen molar-refractivity contribution in [3.8, 4) is 0 Å². The molecule has 2 saturated carbocycles. The van der Waals surface area contributed by atoms with Gasteiger partial charge in [-0.1, -0.05) is 30.9 Å². The zero-order valence-corrected chi connectivity index (χ0v) is 14.7. The molecule has 3 aliphatic rings. The zero-order chi connectivity index (χ0) is 18.5. The Hall–Kier alpha value is -2.14. The van der Waals surface area contributed by atoms with Crippen molar-refractivity contribution in [2.75, 3.05) is 0 Å². The predicted molar refractivity (Wildman–Crippen MR) is 92.3 cm³/mol. The highest BCUT2D eigenvalue weighted by Crippen LogP contribution is 2.52. The van der Waals surface area contributed by atoms with E-state index in [4.69, 9.17) is 9.47 Å². The molecule has 5 nitrogen and oxygen atoms in total. The van der Waals surface area contributed by atoms with Crippen molar-refractivity contribution in [1.29, 1.82) is 0 Å². The molecule has 3 rings (SSSR count). The SMILES string of the molecule is C=C1CC(O)C2C(=C)C(=O)OC2C2C(=C)C(OC(=O)C=C(C)C)CC12. The maximum Gasteiger partial charge on any atom is 0.334 e. The number of allylic oxidation sites excluding steroid dienone is 1. The van der Waals surface area contributed by atoms with Gasteiger partial charge in [-0.05, 0) is 38.2 Å². The molecule has 0 aromatic rings. The van der Waals surface area contributed by atoms with Gasteiger partial charge in [0, 0.05) is 17.6 Å². The van der Waals surface area contributed by atoms with Crippen molar-refractivity contribution in [2.45, 2.75) is 45.0 Å². The van der Waals surface area contributed by atoms with E-state index in [2.05, 4.69) is 19.7 Å². The summed E-state index contributed by atoms with van der Waals surface area (Å²) in [6.07, 6.45) is 0.643. The lowest BCUT2D eigenvalue weighted by Crippen LogP contribution is -2.34. The summed E-state index contributed by atoms with van der Waals surface area (Å²) in [6, 6.07) is 0. The molecule has 134 valence electrons. The van der Waals surface area contributed by atoms with Crippen LogP contribution in [0, 0.1) is 17.8 Å². The highest BCUT2D eigenvalue weighted by atomic mass is 16.6. The number of aliphatic hydroxyl groups excluding tert-OH is 1. The molecule has 5 heteroatoms. The van der Waals surface area contributed by atoms with E-state index in [-0.39, 0.29) is 11.8 Å². The molecule has 0 bridgehead atoms. The number of fused-ring (bicyclic) bond motifs is 3. The minimum Gasteiger partial charge on any atom is -0.458 e. The van der Waals surface area contributed by atoms with E-state index >= 15 is 0 Å². The van der Waals surface area contributed by atoms with Crippen LogP contribution in [0.15, 0.2) is 48.1 Å². The second kappa shape index (κ2) is 6.30. The molecule has 0 aromatic heterocycles. The largest absolute Gasteiger partial charge is 0.458 e. The van der Waals surface area contributed by atoms with Crippen LogP contribution in [0.4, 0.5) is 0 Å². The third-order valence-electron chi connectivity index (χ3n) is 5.43. The van der Waals surface area contributed by atoms with Gasteiger partial charge in [0.1, 0.15) is 12.2 Å². The van der Waals surface area contributed by atoms with Crippen LogP contribution < -0.4 is 0 Å². The minimum atomic E-state index is -0.749. The van der Waals surface area contributed by atoms with Crippen LogP contribution in [0.2, 0.25) is 0 Å². The third-order valence-corrected chi connectivity index (χ3v) is 5.43. The molecule has 3 fully saturated rings. The van der Waals surface area contributed by atoms with Crippen LogP contribution in [0.1, 0.15) is 26.7 Å². The van der Waals surface area contributed by atoms with E-state index in [1.54, 1.807) is 0 Å². The molecular formula is C20H24O5. The van der Waals surface area contributed by atoms with Crippen LogP contribution in [0.3, 0.4) is 0 Å². The van der Waals surface area contributed by atoms with Crippen molar-refractivity contribution in [2.24, 2.45) is 17.8 Å². The van der Waals surface area contributed by atoms with Gasteiger partial charge in [0.25, 0.3) is 0 Å². The molecule has 0 amide bonds. The van der Waals surface area contributed by atoms with Crippen LogP contribution >= 0.6 is 0 Å². The van der Waals surface area contributed by atoms with E-state index in [1.165, 1.54) is 6.08 Å². The fourth-order valence-corrected chi connectivity index (χ4v) is 4.30. The van der Waals surface area contributed by atoms with Gasteiger partial charge in [0.05, 0.1) is 12.0 Å². The van der Waals surface area contributed by atoms with Crippen molar-refractivity contribution in [1.82, 2.24) is 0 Å². The van der Waals surface area contributed by atoms with Gasteiger partial charge < -0.3 is 14.6 Å². The fraction of sp³-hybridized carbons (Fsp3) is 0.500. The molecule has 0 aromatic carbocycles. The van der Waals surface area contributed by atoms with E-state index in [0.29, 0.717) is 24.0 Å². The number of rotatable bonds is 2. The summed E-state index contributed by atoms with van der Waals surface area (Å²) in [7, 11) is 0. The van der Waals surface area contributed by atoms with Gasteiger partial charge in [-0.15, -0.1) is 0 Å². The maximum absolute atomic E-state index is 12.0. The molecule has 25 heavy (non-hydrogen) atoms. The summed E-state index contributed by atoms with van der Waals surface area (Å²) >= 11 is 0. The first-order valence-electron chi connectivity index (χ1n) is 8.50. The highest BCUT2D eigenvalue weighted by molar-refractivity contribution is 5.91. The molecule has 1 heterocycles. The summed E-state index contributed by atoms with van der Waals surface area (Å²) in [6.45, 7) is 15.7. The Morgan fingerprint density at radius 3 is 2.60 bits per heavy atom. The van der Waals surface area contributed by atoms with Gasteiger partial charge >= 0.3 is 11.9 Å².